The Balaban J connectivity index is 1.99. The van der Waals surface area contributed by atoms with E-state index in [-0.39, 0.29) is 11.8 Å². The second kappa shape index (κ2) is 5.32. The molecule has 1 aromatic carbocycles. The Morgan fingerprint density at radius 1 is 1.35 bits per heavy atom. The molecular formula is C14H20N2O. The molecule has 1 atom stereocenters. The predicted molar refractivity (Wildman–Crippen MR) is 70.1 cm³/mol. The van der Waals surface area contributed by atoms with Gasteiger partial charge >= 0.3 is 0 Å². The Morgan fingerprint density at radius 3 is 2.82 bits per heavy atom. The van der Waals surface area contributed by atoms with Crippen LogP contribution in [0.3, 0.4) is 0 Å². The highest BCUT2D eigenvalue weighted by Crippen LogP contribution is 2.17. The molecule has 17 heavy (non-hydrogen) atoms. The molecule has 1 amide bonds. The lowest BCUT2D eigenvalue weighted by atomic mass is 9.98. The summed E-state index contributed by atoms with van der Waals surface area (Å²) in [6.45, 7) is 5.98. The lowest BCUT2D eigenvalue weighted by Gasteiger charge is -2.22. The van der Waals surface area contributed by atoms with Crippen LogP contribution in [0.5, 0.6) is 0 Å². The zero-order valence-corrected chi connectivity index (χ0v) is 10.5. The first-order valence-corrected chi connectivity index (χ1v) is 6.25. The van der Waals surface area contributed by atoms with E-state index in [1.165, 1.54) is 11.1 Å². The Kier molecular flexibility index (Phi) is 3.79. The molecule has 92 valence electrons. The standard InChI is InChI=1S/C14H20N2O/c1-10-5-6-13(8-11(10)2)16-14(17)12-4-3-7-15-9-12/h5-6,8,12,15H,3-4,7,9H2,1-2H3,(H,16,17). The van der Waals surface area contributed by atoms with Crippen LogP contribution in [-0.2, 0) is 4.79 Å². The molecule has 3 heteroatoms. The van der Waals surface area contributed by atoms with Gasteiger partial charge in [-0.15, -0.1) is 0 Å². The number of carbonyl (C=O) groups excluding carboxylic acids is 1. The minimum atomic E-state index is 0.116. The van der Waals surface area contributed by atoms with Crippen LogP contribution in [0.25, 0.3) is 0 Å². The highest BCUT2D eigenvalue weighted by Gasteiger charge is 2.20. The predicted octanol–water partition coefficient (Wildman–Crippen LogP) is 2.24. The van der Waals surface area contributed by atoms with Crippen LogP contribution in [-0.4, -0.2) is 19.0 Å². The van der Waals surface area contributed by atoms with E-state index >= 15 is 0 Å². The summed E-state index contributed by atoms with van der Waals surface area (Å²) in [4.78, 5) is 12.0. The van der Waals surface area contributed by atoms with Crippen LogP contribution in [0.2, 0.25) is 0 Å². The third-order valence-electron chi connectivity index (χ3n) is 3.44. The van der Waals surface area contributed by atoms with Gasteiger partial charge in [-0.2, -0.15) is 0 Å². The summed E-state index contributed by atoms with van der Waals surface area (Å²) in [5, 5.41) is 6.26. The number of benzene rings is 1. The fourth-order valence-corrected chi connectivity index (χ4v) is 2.14. The van der Waals surface area contributed by atoms with E-state index in [9.17, 15) is 4.79 Å². The molecule has 1 heterocycles. The van der Waals surface area contributed by atoms with Gasteiger partial charge in [0.05, 0.1) is 5.92 Å². The number of piperidine rings is 1. The van der Waals surface area contributed by atoms with E-state index in [1.807, 2.05) is 18.2 Å². The number of amides is 1. The summed E-state index contributed by atoms with van der Waals surface area (Å²) in [5.41, 5.74) is 3.37. The van der Waals surface area contributed by atoms with Crippen molar-refractivity contribution in [1.29, 1.82) is 0 Å². The minimum absolute atomic E-state index is 0.116. The Labute approximate surface area is 103 Å². The normalized spacial score (nSPS) is 20.0. The lowest BCUT2D eigenvalue weighted by Crippen LogP contribution is -2.37. The van der Waals surface area contributed by atoms with Crippen LogP contribution < -0.4 is 10.6 Å². The molecule has 0 spiro atoms. The summed E-state index contributed by atoms with van der Waals surface area (Å²) in [6.07, 6.45) is 2.08. The van der Waals surface area contributed by atoms with E-state index in [0.29, 0.717) is 0 Å². The van der Waals surface area contributed by atoms with E-state index < -0.39 is 0 Å². The topological polar surface area (TPSA) is 41.1 Å². The first-order chi connectivity index (χ1) is 8.16. The number of rotatable bonds is 2. The Bertz CT molecular complexity index is 409. The van der Waals surface area contributed by atoms with Gasteiger partial charge in [0.25, 0.3) is 0 Å². The van der Waals surface area contributed by atoms with Crippen LogP contribution in [0, 0.1) is 19.8 Å². The van der Waals surface area contributed by atoms with E-state index in [0.717, 1.165) is 31.6 Å². The minimum Gasteiger partial charge on any atom is -0.326 e. The molecule has 2 N–H and O–H groups in total. The van der Waals surface area contributed by atoms with Crippen LogP contribution in [0.15, 0.2) is 18.2 Å². The maximum atomic E-state index is 12.0. The average molecular weight is 232 g/mol. The largest absolute Gasteiger partial charge is 0.326 e. The van der Waals surface area contributed by atoms with Gasteiger partial charge in [-0.25, -0.2) is 0 Å². The van der Waals surface area contributed by atoms with Gasteiger partial charge in [-0.05, 0) is 56.5 Å². The van der Waals surface area contributed by atoms with Crippen molar-refractivity contribution < 1.29 is 4.79 Å². The van der Waals surface area contributed by atoms with Gasteiger partial charge in [-0.3, -0.25) is 4.79 Å². The molecule has 1 aliphatic heterocycles. The number of carbonyl (C=O) groups is 1. The monoisotopic (exact) mass is 232 g/mol. The quantitative estimate of drug-likeness (QED) is 0.821. The molecule has 0 bridgehead atoms. The van der Waals surface area contributed by atoms with Gasteiger partial charge in [0.15, 0.2) is 0 Å². The van der Waals surface area contributed by atoms with Crippen molar-refractivity contribution >= 4 is 11.6 Å². The van der Waals surface area contributed by atoms with Crippen LogP contribution in [0.1, 0.15) is 24.0 Å². The summed E-state index contributed by atoms with van der Waals surface area (Å²) >= 11 is 0. The van der Waals surface area contributed by atoms with Crippen LogP contribution >= 0.6 is 0 Å². The summed E-state index contributed by atoms with van der Waals surface area (Å²) in [7, 11) is 0. The van der Waals surface area contributed by atoms with Gasteiger partial charge < -0.3 is 10.6 Å². The SMILES string of the molecule is Cc1ccc(NC(=O)C2CCCNC2)cc1C. The van der Waals surface area contributed by atoms with Crippen molar-refractivity contribution in [3.05, 3.63) is 29.3 Å². The first-order valence-electron chi connectivity index (χ1n) is 6.25. The number of anilines is 1. The molecule has 1 unspecified atom stereocenters. The lowest BCUT2D eigenvalue weighted by molar-refractivity contribution is -0.120. The van der Waals surface area contributed by atoms with Gasteiger partial charge in [0.2, 0.25) is 5.91 Å². The second-order valence-electron chi connectivity index (χ2n) is 4.83. The fraction of sp³-hybridized carbons (Fsp3) is 0.500. The zero-order valence-electron chi connectivity index (χ0n) is 10.5. The second-order valence-corrected chi connectivity index (χ2v) is 4.83. The molecular weight excluding hydrogens is 212 g/mol. The fourth-order valence-electron chi connectivity index (χ4n) is 2.14. The van der Waals surface area contributed by atoms with Crippen molar-refractivity contribution in [2.45, 2.75) is 26.7 Å². The van der Waals surface area contributed by atoms with Gasteiger partial charge in [-0.1, -0.05) is 6.07 Å². The average Bonchev–Trinajstić information content (AvgIpc) is 2.35. The third kappa shape index (κ3) is 3.07. The molecule has 1 aromatic rings. The van der Waals surface area contributed by atoms with Crippen molar-refractivity contribution in [1.82, 2.24) is 5.32 Å². The molecule has 0 saturated carbocycles. The van der Waals surface area contributed by atoms with E-state index in [4.69, 9.17) is 0 Å². The maximum Gasteiger partial charge on any atom is 0.228 e. The van der Waals surface area contributed by atoms with Gasteiger partial charge in [0, 0.05) is 12.2 Å². The van der Waals surface area contributed by atoms with Crippen molar-refractivity contribution in [2.24, 2.45) is 5.92 Å². The van der Waals surface area contributed by atoms with Crippen LogP contribution in [0.4, 0.5) is 5.69 Å². The number of nitrogens with one attached hydrogen (secondary N) is 2. The van der Waals surface area contributed by atoms with Crippen molar-refractivity contribution in [3.8, 4) is 0 Å². The molecule has 2 rings (SSSR count). The molecule has 1 aliphatic rings. The van der Waals surface area contributed by atoms with Crippen molar-refractivity contribution in [3.63, 3.8) is 0 Å². The molecule has 0 aromatic heterocycles. The molecule has 0 radical (unpaired) electrons. The first kappa shape index (κ1) is 12.1. The molecule has 0 aliphatic carbocycles. The number of hydrogen-bond donors (Lipinski definition) is 2. The van der Waals surface area contributed by atoms with E-state index in [1.54, 1.807) is 0 Å². The highest BCUT2D eigenvalue weighted by molar-refractivity contribution is 5.92. The maximum absolute atomic E-state index is 12.0. The third-order valence-corrected chi connectivity index (χ3v) is 3.44. The molecule has 3 nitrogen and oxygen atoms in total. The summed E-state index contributed by atoms with van der Waals surface area (Å²) in [6, 6.07) is 6.05. The Morgan fingerprint density at radius 2 is 2.18 bits per heavy atom. The highest BCUT2D eigenvalue weighted by atomic mass is 16.1. The number of hydrogen-bond acceptors (Lipinski definition) is 2. The number of aryl methyl sites for hydroxylation is 2. The zero-order chi connectivity index (χ0) is 12.3. The Hall–Kier alpha value is -1.35. The molecule has 1 saturated heterocycles. The molecule has 1 fully saturated rings. The van der Waals surface area contributed by atoms with E-state index in [2.05, 4.69) is 24.5 Å². The van der Waals surface area contributed by atoms with Gasteiger partial charge in [0.1, 0.15) is 0 Å². The summed E-state index contributed by atoms with van der Waals surface area (Å²) < 4.78 is 0. The summed E-state index contributed by atoms with van der Waals surface area (Å²) in [5.74, 6) is 0.255. The van der Waals surface area contributed by atoms with Crippen molar-refractivity contribution in [2.75, 3.05) is 18.4 Å². The smallest absolute Gasteiger partial charge is 0.228 e.